The van der Waals surface area contributed by atoms with Gasteiger partial charge in [-0.3, -0.25) is 4.79 Å². The Morgan fingerprint density at radius 3 is 2.54 bits per heavy atom. The molecule has 2 aromatic carbocycles. The monoisotopic (exact) mass is 413 g/mol. The van der Waals surface area contributed by atoms with Crippen molar-refractivity contribution in [2.75, 3.05) is 18.6 Å². The summed E-state index contributed by atoms with van der Waals surface area (Å²) in [5, 5.41) is 0. The summed E-state index contributed by atoms with van der Waals surface area (Å²) in [7, 11) is -1.79. The summed E-state index contributed by atoms with van der Waals surface area (Å²) in [5.74, 6) is 0.514. The van der Waals surface area contributed by atoms with Gasteiger partial charge in [0.15, 0.2) is 9.84 Å². The maximum absolute atomic E-state index is 13.2. The van der Waals surface area contributed by atoms with Gasteiger partial charge in [0.1, 0.15) is 5.75 Å². The maximum atomic E-state index is 13.2. The van der Waals surface area contributed by atoms with E-state index in [1.54, 1.807) is 36.3 Å². The molecule has 28 heavy (non-hydrogen) atoms. The Labute approximate surface area is 168 Å². The number of carbonyl (C=O) groups is 1. The Bertz CT molecular complexity index is 1150. The normalized spacial score (nSPS) is 14.1. The second-order valence-corrected chi connectivity index (χ2v) is 9.48. The van der Waals surface area contributed by atoms with Crippen LogP contribution in [0.3, 0.4) is 0 Å². The number of thiophene rings is 1. The molecular weight excluding hydrogens is 394 g/mol. The molecule has 0 saturated carbocycles. The lowest BCUT2D eigenvalue weighted by molar-refractivity contribution is 0.0992. The van der Waals surface area contributed by atoms with E-state index >= 15 is 0 Å². The summed E-state index contributed by atoms with van der Waals surface area (Å²) in [6.07, 6.45) is 0. The second-order valence-electron chi connectivity index (χ2n) is 6.47. The number of benzene rings is 2. The molecule has 0 atom stereocenters. The van der Waals surface area contributed by atoms with Gasteiger partial charge in [-0.2, -0.15) is 0 Å². The highest BCUT2D eigenvalue weighted by atomic mass is 32.2. The highest BCUT2D eigenvalue weighted by Crippen LogP contribution is 2.43. The number of fused-ring (bicyclic) bond motifs is 3. The Balaban J connectivity index is 1.73. The van der Waals surface area contributed by atoms with Crippen LogP contribution in [0.4, 0.5) is 5.69 Å². The van der Waals surface area contributed by atoms with Crippen LogP contribution in [0, 0.1) is 0 Å². The number of sulfone groups is 1. The van der Waals surface area contributed by atoms with Gasteiger partial charge in [0.2, 0.25) is 0 Å². The van der Waals surface area contributed by atoms with E-state index in [0.29, 0.717) is 27.4 Å². The third kappa shape index (κ3) is 3.10. The molecular formula is C21H19NO4S2. The molecule has 5 nitrogen and oxygen atoms in total. The molecule has 0 radical (unpaired) electrons. The number of hydrogen-bond acceptors (Lipinski definition) is 5. The van der Waals surface area contributed by atoms with Gasteiger partial charge in [-0.05, 0) is 48.9 Å². The maximum Gasteiger partial charge on any atom is 0.268 e. The van der Waals surface area contributed by atoms with Crippen LogP contribution in [0.25, 0.3) is 10.4 Å². The van der Waals surface area contributed by atoms with E-state index in [2.05, 4.69) is 0 Å². The van der Waals surface area contributed by atoms with Crippen LogP contribution >= 0.6 is 11.3 Å². The van der Waals surface area contributed by atoms with E-state index in [1.165, 1.54) is 11.3 Å². The van der Waals surface area contributed by atoms with Crippen molar-refractivity contribution in [1.29, 1.82) is 0 Å². The first-order valence-electron chi connectivity index (χ1n) is 8.85. The first kappa shape index (κ1) is 18.7. The average Bonchev–Trinajstić information content (AvgIpc) is 3.12. The van der Waals surface area contributed by atoms with Crippen molar-refractivity contribution >= 4 is 32.8 Å². The van der Waals surface area contributed by atoms with E-state index in [0.717, 1.165) is 16.3 Å². The predicted octanol–water partition coefficient (Wildman–Crippen LogP) is 4.38. The standard InChI is InChI=1S/C21H19NO4S2/c1-3-22(15-8-10-16(26-2)11-9-15)21(23)18-12-14-13-28(24,25)19-7-5-4-6-17(19)20(14)27-18/h4-12H,3,13H2,1-2H3. The molecule has 4 rings (SSSR count). The fraction of sp³-hybridized carbons (Fsp3) is 0.190. The van der Waals surface area contributed by atoms with Crippen molar-refractivity contribution in [3.8, 4) is 16.2 Å². The molecule has 144 valence electrons. The van der Waals surface area contributed by atoms with Gasteiger partial charge in [-0.1, -0.05) is 18.2 Å². The van der Waals surface area contributed by atoms with Gasteiger partial charge in [0, 0.05) is 22.7 Å². The first-order chi connectivity index (χ1) is 13.4. The molecule has 1 aliphatic heterocycles. The number of methoxy groups -OCH3 is 1. The molecule has 0 bridgehead atoms. The fourth-order valence-electron chi connectivity index (χ4n) is 3.42. The molecule has 7 heteroatoms. The van der Waals surface area contributed by atoms with Crippen LogP contribution in [0.1, 0.15) is 22.2 Å². The molecule has 0 unspecified atom stereocenters. The molecule has 0 spiro atoms. The van der Waals surface area contributed by atoms with E-state index in [4.69, 9.17) is 4.74 Å². The minimum absolute atomic E-state index is 0.0716. The third-order valence-corrected chi connectivity index (χ3v) is 7.69. The summed E-state index contributed by atoms with van der Waals surface area (Å²) in [6.45, 7) is 2.41. The van der Waals surface area contributed by atoms with Crippen LogP contribution in [0.5, 0.6) is 5.75 Å². The van der Waals surface area contributed by atoms with Gasteiger partial charge >= 0.3 is 0 Å². The number of ether oxygens (including phenoxy) is 1. The number of nitrogens with zero attached hydrogens (tertiary/aromatic N) is 1. The van der Waals surface area contributed by atoms with Crippen LogP contribution < -0.4 is 9.64 Å². The number of anilines is 1. The minimum Gasteiger partial charge on any atom is -0.497 e. The molecule has 2 heterocycles. The van der Waals surface area contributed by atoms with Crippen molar-refractivity contribution < 1.29 is 17.9 Å². The molecule has 0 N–H and O–H groups in total. The van der Waals surface area contributed by atoms with Crippen molar-refractivity contribution in [1.82, 2.24) is 0 Å². The van der Waals surface area contributed by atoms with Crippen molar-refractivity contribution in [2.45, 2.75) is 17.6 Å². The summed E-state index contributed by atoms with van der Waals surface area (Å²) in [6, 6.07) is 16.0. The summed E-state index contributed by atoms with van der Waals surface area (Å²) < 4.78 is 30.3. The van der Waals surface area contributed by atoms with Crippen molar-refractivity contribution in [2.24, 2.45) is 0 Å². The first-order valence-corrected chi connectivity index (χ1v) is 11.3. The molecule has 1 aromatic heterocycles. The van der Waals surface area contributed by atoms with Crippen LogP contribution in [0.2, 0.25) is 0 Å². The number of hydrogen-bond donors (Lipinski definition) is 0. The number of amides is 1. The molecule has 1 aliphatic rings. The third-order valence-electron chi connectivity index (χ3n) is 4.78. The molecule has 0 fully saturated rings. The average molecular weight is 414 g/mol. The zero-order valence-electron chi connectivity index (χ0n) is 15.5. The van der Waals surface area contributed by atoms with Crippen LogP contribution in [-0.2, 0) is 15.6 Å². The fourth-order valence-corrected chi connectivity index (χ4v) is 6.32. The largest absolute Gasteiger partial charge is 0.497 e. The zero-order valence-corrected chi connectivity index (χ0v) is 17.1. The summed E-state index contributed by atoms with van der Waals surface area (Å²) in [4.78, 5) is 16.6. The highest BCUT2D eigenvalue weighted by Gasteiger charge is 2.31. The Morgan fingerprint density at radius 2 is 1.86 bits per heavy atom. The van der Waals surface area contributed by atoms with E-state index < -0.39 is 9.84 Å². The number of carbonyl (C=O) groups excluding carboxylic acids is 1. The lowest BCUT2D eigenvalue weighted by atomic mass is 10.1. The van der Waals surface area contributed by atoms with Crippen molar-refractivity contribution in [3.05, 3.63) is 65.0 Å². The lowest BCUT2D eigenvalue weighted by Gasteiger charge is -2.20. The molecule has 0 aliphatic carbocycles. The minimum atomic E-state index is -3.39. The van der Waals surface area contributed by atoms with Gasteiger partial charge in [0.05, 0.1) is 22.6 Å². The number of rotatable bonds is 4. The Kier molecular flexibility index (Phi) is 4.72. The van der Waals surface area contributed by atoms with Gasteiger partial charge in [-0.15, -0.1) is 11.3 Å². The molecule has 3 aromatic rings. The van der Waals surface area contributed by atoms with Gasteiger partial charge < -0.3 is 9.64 Å². The van der Waals surface area contributed by atoms with Crippen LogP contribution in [0.15, 0.2) is 59.5 Å². The quantitative estimate of drug-likeness (QED) is 0.637. The molecule has 1 amide bonds. The predicted molar refractivity (Wildman–Crippen MR) is 111 cm³/mol. The SMILES string of the molecule is CCN(C(=O)c1cc2c(s1)-c1ccccc1S(=O)(=O)C2)c1ccc(OC)cc1. The Morgan fingerprint density at radius 1 is 1.14 bits per heavy atom. The smallest absolute Gasteiger partial charge is 0.268 e. The lowest BCUT2D eigenvalue weighted by Crippen LogP contribution is -2.29. The van der Waals surface area contributed by atoms with E-state index in [1.807, 2.05) is 37.3 Å². The van der Waals surface area contributed by atoms with Gasteiger partial charge in [0.25, 0.3) is 5.91 Å². The summed E-state index contributed by atoms with van der Waals surface area (Å²) >= 11 is 1.35. The van der Waals surface area contributed by atoms with Gasteiger partial charge in [-0.25, -0.2) is 8.42 Å². The second kappa shape index (κ2) is 7.07. The summed E-state index contributed by atoms with van der Waals surface area (Å²) in [5.41, 5.74) is 2.14. The topological polar surface area (TPSA) is 63.7 Å². The Hall–Kier alpha value is -2.64. The van der Waals surface area contributed by atoms with Crippen LogP contribution in [-0.4, -0.2) is 28.0 Å². The van der Waals surface area contributed by atoms with Crippen molar-refractivity contribution in [3.63, 3.8) is 0 Å². The molecule has 0 saturated heterocycles. The van der Waals surface area contributed by atoms with E-state index in [-0.39, 0.29) is 11.7 Å². The zero-order chi connectivity index (χ0) is 19.9. The van der Waals surface area contributed by atoms with E-state index in [9.17, 15) is 13.2 Å². The highest BCUT2D eigenvalue weighted by molar-refractivity contribution is 7.91.